The molecule has 1 unspecified atom stereocenters. The zero-order valence-corrected chi connectivity index (χ0v) is 25.0. The molecule has 18 heteroatoms. The third kappa shape index (κ3) is 8.00. The molecule has 2 aromatic carbocycles. The first-order valence-electron chi connectivity index (χ1n) is 13.5. The van der Waals surface area contributed by atoms with Crippen molar-refractivity contribution in [3.63, 3.8) is 0 Å². The number of halogens is 3. The molecule has 1 aliphatic heterocycles. The average Bonchev–Trinajstić information content (AvgIpc) is 3.65. The summed E-state index contributed by atoms with van der Waals surface area (Å²) < 4.78 is 78.9. The number of ether oxygens (including phenoxy) is 2. The maximum atomic E-state index is 13.5. The summed E-state index contributed by atoms with van der Waals surface area (Å²) >= 11 is 0. The Labute approximate surface area is 255 Å². The monoisotopic (exact) mass is 654 g/mol. The molecule has 1 saturated heterocycles. The van der Waals surface area contributed by atoms with Crippen LogP contribution >= 0.6 is 0 Å². The predicted molar refractivity (Wildman–Crippen MR) is 149 cm³/mol. The summed E-state index contributed by atoms with van der Waals surface area (Å²) in [6.07, 6.45) is -6.60. The van der Waals surface area contributed by atoms with E-state index in [2.05, 4.69) is 15.1 Å². The number of sulfonamides is 1. The van der Waals surface area contributed by atoms with Crippen LogP contribution in [-0.2, 0) is 35.3 Å². The van der Waals surface area contributed by atoms with Crippen LogP contribution in [0.4, 0.5) is 18.0 Å². The van der Waals surface area contributed by atoms with Crippen molar-refractivity contribution >= 4 is 22.1 Å². The van der Waals surface area contributed by atoms with Crippen molar-refractivity contribution in [2.75, 3.05) is 13.2 Å². The van der Waals surface area contributed by atoms with Gasteiger partial charge in [-0.3, -0.25) is 9.63 Å². The summed E-state index contributed by atoms with van der Waals surface area (Å²) in [6.45, 7) is 4.76. The molecule has 0 aliphatic carbocycles. The van der Waals surface area contributed by atoms with Crippen LogP contribution in [0.5, 0.6) is 0 Å². The highest BCUT2D eigenvalue weighted by molar-refractivity contribution is 7.90. The number of hydrogen-bond acceptors (Lipinski definition) is 10. The molecule has 0 bridgehead atoms. The van der Waals surface area contributed by atoms with Gasteiger partial charge in [-0.25, -0.2) is 22.6 Å². The average molecular weight is 655 g/mol. The normalized spacial score (nSPS) is 16.3. The van der Waals surface area contributed by atoms with Gasteiger partial charge in [-0.2, -0.15) is 18.3 Å². The SMILES string of the molecule is CCOC(=O)OC(C)ON=[N+]([O-])N1CCC[C@H]1C(=O)NS(=O)(=O)c1ccc(-n2nc(C(F)(F)F)cc2-c2ccc(C)cc2)cc1. The van der Waals surface area contributed by atoms with Crippen molar-refractivity contribution in [2.45, 2.75) is 57.0 Å². The van der Waals surface area contributed by atoms with Gasteiger partial charge < -0.3 is 14.7 Å². The Hall–Kier alpha value is -4.87. The minimum absolute atomic E-state index is 0.0450. The number of aromatic nitrogens is 2. The maximum Gasteiger partial charge on any atom is 0.511 e. The number of nitrogens with zero attached hydrogens (tertiary/aromatic N) is 5. The van der Waals surface area contributed by atoms with Gasteiger partial charge in [0, 0.05) is 12.5 Å². The van der Waals surface area contributed by atoms with E-state index >= 15 is 0 Å². The number of nitrogens with one attached hydrogen (secondary N) is 1. The van der Waals surface area contributed by atoms with Crippen LogP contribution in [0.1, 0.15) is 37.9 Å². The minimum atomic E-state index is -4.72. The van der Waals surface area contributed by atoms with E-state index in [-0.39, 0.29) is 40.8 Å². The van der Waals surface area contributed by atoms with Crippen LogP contribution in [0.15, 0.2) is 64.8 Å². The lowest BCUT2D eigenvalue weighted by Gasteiger charge is -2.20. The van der Waals surface area contributed by atoms with Gasteiger partial charge in [-0.1, -0.05) is 29.8 Å². The van der Waals surface area contributed by atoms with Crippen LogP contribution in [0.2, 0.25) is 0 Å². The summed E-state index contributed by atoms with van der Waals surface area (Å²) in [6, 6.07) is 11.1. The number of carbonyl (C=O) groups is 2. The van der Waals surface area contributed by atoms with E-state index in [9.17, 15) is 36.4 Å². The minimum Gasteiger partial charge on any atom is -0.569 e. The molecule has 14 nitrogen and oxygen atoms in total. The smallest absolute Gasteiger partial charge is 0.511 e. The van der Waals surface area contributed by atoms with Gasteiger partial charge in [0.15, 0.2) is 11.7 Å². The van der Waals surface area contributed by atoms with Gasteiger partial charge in [-0.05, 0) is 57.0 Å². The molecule has 0 radical (unpaired) electrons. The lowest BCUT2D eigenvalue weighted by atomic mass is 10.1. The first kappa shape index (κ1) is 33.0. The molecule has 0 spiro atoms. The fourth-order valence-corrected chi connectivity index (χ4v) is 5.37. The van der Waals surface area contributed by atoms with Gasteiger partial charge in [0.05, 0.1) is 34.4 Å². The van der Waals surface area contributed by atoms with E-state index in [0.717, 1.165) is 33.5 Å². The molecule has 2 heterocycles. The largest absolute Gasteiger partial charge is 0.569 e. The second kappa shape index (κ2) is 13.4. The van der Waals surface area contributed by atoms with Crippen molar-refractivity contribution in [2.24, 2.45) is 5.28 Å². The molecule has 1 aliphatic rings. The molecule has 1 fully saturated rings. The Kier molecular flexibility index (Phi) is 9.84. The summed E-state index contributed by atoms with van der Waals surface area (Å²) in [4.78, 5) is 28.7. The number of hydrazine groups is 1. The van der Waals surface area contributed by atoms with Crippen LogP contribution in [-0.4, -0.2) is 65.7 Å². The fourth-order valence-electron chi connectivity index (χ4n) is 4.36. The van der Waals surface area contributed by atoms with E-state index in [1.54, 1.807) is 31.2 Å². The van der Waals surface area contributed by atoms with Crippen LogP contribution in [0, 0.1) is 12.1 Å². The molecule has 1 aromatic heterocycles. The Morgan fingerprint density at radius 1 is 1.18 bits per heavy atom. The highest BCUT2D eigenvalue weighted by atomic mass is 32.2. The van der Waals surface area contributed by atoms with Crippen molar-refractivity contribution in [3.05, 3.63) is 71.1 Å². The summed E-state index contributed by atoms with van der Waals surface area (Å²) in [5.41, 5.74) is 0.496. The third-order valence-electron chi connectivity index (χ3n) is 6.51. The molecule has 3 aromatic rings. The van der Waals surface area contributed by atoms with Gasteiger partial charge in [-0.15, -0.1) is 5.01 Å². The number of alkyl halides is 3. The highest BCUT2D eigenvalue weighted by Crippen LogP contribution is 2.33. The van der Waals surface area contributed by atoms with E-state index in [1.165, 1.54) is 19.1 Å². The Bertz CT molecular complexity index is 1660. The molecule has 4 rings (SSSR count). The number of hydrogen-bond donors (Lipinski definition) is 1. The van der Waals surface area contributed by atoms with Crippen LogP contribution < -0.4 is 4.72 Å². The fraction of sp³-hybridized carbons (Fsp3) is 0.370. The molecule has 45 heavy (non-hydrogen) atoms. The Morgan fingerprint density at radius 3 is 2.47 bits per heavy atom. The van der Waals surface area contributed by atoms with Crippen LogP contribution in [0.25, 0.3) is 16.9 Å². The first-order chi connectivity index (χ1) is 21.2. The van der Waals surface area contributed by atoms with Gasteiger partial charge in [0.1, 0.15) is 0 Å². The topological polar surface area (TPSA) is 167 Å². The molecule has 2 atom stereocenters. The van der Waals surface area contributed by atoms with Gasteiger partial charge in [0.25, 0.3) is 22.2 Å². The van der Waals surface area contributed by atoms with Gasteiger partial charge in [0.2, 0.25) is 5.28 Å². The van der Waals surface area contributed by atoms with E-state index in [4.69, 9.17) is 9.57 Å². The van der Waals surface area contributed by atoms with Crippen LogP contribution in [0.3, 0.4) is 0 Å². The summed E-state index contributed by atoms with van der Waals surface area (Å²) in [5, 5.41) is 20.3. The molecule has 242 valence electrons. The van der Waals surface area contributed by atoms with E-state index < -0.39 is 46.3 Å². The van der Waals surface area contributed by atoms with E-state index in [0.29, 0.717) is 12.0 Å². The zero-order valence-electron chi connectivity index (χ0n) is 24.2. The number of rotatable bonds is 10. The van der Waals surface area contributed by atoms with Crippen molar-refractivity contribution in [1.82, 2.24) is 19.5 Å². The van der Waals surface area contributed by atoms with E-state index in [1.807, 2.05) is 11.6 Å². The number of carbonyl (C=O) groups excluding carboxylic acids is 2. The molecular weight excluding hydrogens is 625 g/mol. The molecule has 0 saturated carbocycles. The summed E-state index contributed by atoms with van der Waals surface area (Å²) in [7, 11) is -4.46. The molecular formula is C27H29F3N6O8S. The quantitative estimate of drug-likeness (QED) is 0.108. The van der Waals surface area contributed by atoms with Crippen molar-refractivity contribution in [3.8, 4) is 16.9 Å². The summed E-state index contributed by atoms with van der Waals surface area (Å²) in [5.74, 6) is -1.02. The third-order valence-corrected chi connectivity index (χ3v) is 7.87. The Balaban J connectivity index is 1.49. The number of amides is 1. The van der Waals surface area contributed by atoms with Crippen molar-refractivity contribution in [1.29, 1.82) is 0 Å². The predicted octanol–water partition coefficient (Wildman–Crippen LogP) is 4.46. The molecule has 1 N–H and O–H groups in total. The van der Waals surface area contributed by atoms with Gasteiger partial charge >= 0.3 is 12.3 Å². The number of aryl methyl sites for hydroxylation is 1. The standard InChI is InChI=1S/C27H29F3N6O8S/c1-4-42-26(38)43-18(3)44-33-36(39)34-15-5-6-22(34)25(37)32-45(40,41)21-13-11-20(12-14-21)35-23(16-24(31-35)27(28,29)30)19-9-7-17(2)8-10-19/h7-14,16,18,22H,4-6,15H2,1-3H3,(H,32,37)/t18?,22-/m0/s1. The second-order valence-electron chi connectivity index (χ2n) is 9.78. The van der Waals surface area contributed by atoms with Crippen molar-refractivity contribution < 1.29 is 50.5 Å². The highest BCUT2D eigenvalue weighted by Gasteiger charge is 2.39. The second-order valence-corrected chi connectivity index (χ2v) is 11.5. The Morgan fingerprint density at radius 2 is 1.84 bits per heavy atom. The molecule has 1 amide bonds. The lowest BCUT2D eigenvalue weighted by Crippen LogP contribution is -2.47. The number of benzene rings is 2. The first-order valence-corrected chi connectivity index (χ1v) is 15.0. The maximum absolute atomic E-state index is 13.5. The zero-order chi connectivity index (χ0) is 32.9. The lowest BCUT2D eigenvalue weighted by molar-refractivity contribution is -0.713.